The molecule has 0 N–H and O–H groups in total. The van der Waals surface area contributed by atoms with E-state index < -0.39 is 11.7 Å². The molecule has 1 nitrogen and oxygen atoms in total. The zero-order valence-corrected chi connectivity index (χ0v) is 12.9. The van der Waals surface area contributed by atoms with Crippen molar-refractivity contribution in [2.24, 2.45) is 0 Å². The van der Waals surface area contributed by atoms with Gasteiger partial charge in [-0.1, -0.05) is 47.3 Å². The quantitative estimate of drug-likeness (QED) is 0.672. The van der Waals surface area contributed by atoms with E-state index in [1.54, 1.807) is 12.1 Å². The zero-order chi connectivity index (χ0) is 14.6. The van der Waals surface area contributed by atoms with Crippen LogP contribution in [0.15, 0.2) is 24.3 Å². The van der Waals surface area contributed by atoms with E-state index >= 15 is 0 Å². The third-order valence-corrected chi connectivity index (χ3v) is 4.21. The van der Waals surface area contributed by atoms with Gasteiger partial charge in [-0.25, -0.2) is 0 Å². The normalized spacial score (nSPS) is 17.2. The van der Waals surface area contributed by atoms with Crippen LogP contribution in [0, 0.1) is 0 Å². The van der Waals surface area contributed by atoms with E-state index in [0.29, 0.717) is 17.6 Å². The molecule has 2 rings (SSSR count). The summed E-state index contributed by atoms with van der Waals surface area (Å²) in [6.07, 6.45) is 1.09. The molecule has 1 saturated carbocycles. The van der Waals surface area contributed by atoms with E-state index in [1.165, 1.54) is 18.6 Å². The average molecular weight is 350 g/mol. The molecule has 0 unspecified atom stereocenters. The highest BCUT2D eigenvalue weighted by Gasteiger charge is 2.35. The lowest BCUT2D eigenvalue weighted by Gasteiger charge is -2.37. The molecule has 1 aromatic rings. The van der Waals surface area contributed by atoms with Crippen molar-refractivity contribution in [3.05, 3.63) is 29.8 Å². The number of para-hydroxylation sites is 1. The van der Waals surface area contributed by atoms with Crippen molar-refractivity contribution < 1.29 is 13.2 Å². The molecule has 1 fully saturated rings. The van der Waals surface area contributed by atoms with Gasteiger partial charge in [-0.15, -0.1) is 0 Å². The summed E-state index contributed by atoms with van der Waals surface area (Å²) < 4.78 is 39.5. The number of benzene rings is 1. The highest BCUT2D eigenvalue weighted by Crippen LogP contribution is 2.38. The number of alkyl halides is 4. The van der Waals surface area contributed by atoms with Gasteiger partial charge in [0.1, 0.15) is 0 Å². The predicted molar refractivity (Wildman–Crippen MR) is 79.5 cm³/mol. The van der Waals surface area contributed by atoms with E-state index in [4.69, 9.17) is 0 Å². The van der Waals surface area contributed by atoms with Crippen molar-refractivity contribution in [1.29, 1.82) is 0 Å². The van der Waals surface area contributed by atoms with Crippen LogP contribution in [-0.4, -0.2) is 17.9 Å². The van der Waals surface area contributed by atoms with Crippen LogP contribution in [0.5, 0.6) is 0 Å². The van der Waals surface area contributed by atoms with Crippen LogP contribution in [0.1, 0.15) is 37.7 Å². The maximum Gasteiger partial charge on any atom is 0.418 e. The lowest BCUT2D eigenvalue weighted by Crippen LogP contribution is -2.39. The van der Waals surface area contributed by atoms with E-state index in [2.05, 4.69) is 15.9 Å². The molecule has 0 atom stereocenters. The van der Waals surface area contributed by atoms with Crippen molar-refractivity contribution in [2.45, 2.75) is 44.3 Å². The molecule has 5 heteroatoms. The molecule has 0 aliphatic heterocycles. The molecule has 1 aliphatic carbocycles. The Morgan fingerprint density at radius 2 is 1.75 bits per heavy atom. The second-order valence-corrected chi connectivity index (χ2v) is 5.98. The maximum absolute atomic E-state index is 13.2. The van der Waals surface area contributed by atoms with Gasteiger partial charge in [-0.3, -0.25) is 0 Å². The van der Waals surface area contributed by atoms with Gasteiger partial charge in [-0.05, 0) is 25.0 Å². The molecule has 1 aliphatic rings. The minimum atomic E-state index is -4.30. The van der Waals surface area contributed by atoms with Gasteiger partial charge in [-0.2, -0.15) is 13.2 Å². The molecular weight excluding hydrogens is 331 g/mol. The molecular formula is C15H19BrF3N. The second kappa shape index (κ2) is 6.83. The Morgan fingerprint density at radius 1 is 1.10 bits per heavy atom. The summed E-state index contributed by atoms with van der Waals surface area (Å²) in [6.45, 7) is 0.609. The van der Waals surface area contributed by atoms with E-state index in [9.17, 15) is 13.2 Å². The fourth-order valence-corrected chi connectivity index (χ4v) is 3.33. The number of nitrogens with zero attached hydrogens (tertiary/aromatic N) is 1. The molecule has 20 heavy (non-hydrogen) atoms. The summed E-state index contributed by atoms with van der Waals surface area (Å²) in [4.78, 5) is 1.94. The molecule has 0 amide bonds. The van der Waals surface area contributed by atoms with E-state index in [-0.39, 0.29) is 6.04 Å². The second-order valence-electron chi connectivity index (χ2n) is 5.19. The van der Waals surface area contributed by atoms with Gasteiger partial charge >= 0.3 is 6.18 Å². The van der Waals surface area contributed by atoms with E-state index in [0.717, 1.165) is 25.7 Å². The summed E-state index contributed by atoms with van der Waals surface area (Å²) in [5, 5.41) is 0.676. The first-order chi connectivity index (χ1) is 9.54. The molecule has 0 aromatic heterocycles. The van der Waals surface area contributed by atoms with Crippen LogP contribution in [0.3, 0.4) is 0 Å². The highest BCUT2D eigenvalue weighted by atomic mass is 79.9. The highest BCUT2D eigenvalue weighted by molar-refractivity contribution is 9.09. The molecule has 112 valence electrons. The van der Waals surface area contributed by atoms with Crippen LogP contribution >= 0.6 is 15.9 Å². The fourth-order valence-electron chi connectivity index (χ4n) is 2.95. The summed E-state index contributed by atoms with van der Waals surface area (Å²) in [5.41, 5.74) is -0.196. The molecule has 0 spiro atoms. The van der Waals surface area contributed by atoms with Crippen molar-refractivity contribution in [1.82, 2.24) is 0 Å². The van der Waals surface area contributed by atoms with Crippen LogP contribution in [0.25, 0.3) is 0 Å². The van der Waals surface area contributed by atoms with Crippen molar-refractivity contribution in [3.8, 4) is 0 Å². The fraction of sp³-hybridized carbons (Fsp3) is 0.600. The first-order valence-electron chi connectivity index (χ1n) is 7.03. The first-order valence-corrected chi connectivity index (χ1v) is 8.15. The Morgan fingerprint density at radius 3 is 2.35 bits per heavy atom. The Kier molecular flexibility index (Phi) is 5.35. The van der Waals surface area contributed by atoms with Crippen LogP contribution < -0.4 is 4.90 Å². The molecule has 0 saturated heterocycles. The molecule has 0 radical (unpaired) electrons. The summed E-state index contributed by atoms with van der Waals surface area (Å²) in [6, 6.07) is 6.15. The third kappa shape index (κ3) is 3.68. The van der Waals surface area contributed by atoms with E-state index in [1.807, 2.05) is 4.90 Å². The van der Waals surface area contributed by atoms with Gasteiger partial charge in [0.15, 0.2) is 0 Å². The van der Waals surface area contributed by atoms with Gasteiger partial charge in [0, 0.05) is 23.6 Å². The SMILES string of the molecule is FC(F)(F)c1ccccc1N(CCBr)C1CCCCC1. The number of rotatable bonds is 4. The minimum Gasteiger partial charge on any atom is -0.367 e. The summed E-state index contributed by atoms with van der Waals surface area (Å²) in [5.74, 6) is 0. The van der Waals surface area contributed by atoms with Crippen LogP contribution in [-0.2, 0) is 6.18 Å². The van der Waals surface area contributed by atoms with Crippen LogP contribution in [0.4, 0.5) is 18.9 Å². The van der Waals surface area contributed by atoms with Crippen molar-refractivity contribution in [3.63, 3.8) is 0 Å². The minimum absolute atomic E-state index is 0.227. The molecule has 1 aromatic carbocycles. The standard InChI is InChI=1S/C15H19BrF3N/c16-10-11-20(12-6-2-1-3-7-12)14-9-5-4-8-13(14)15(17,18)19/h4-5,8-9,12H,1-3,6-7,10-11H2. The predicted octanol–water partition coefficient (Wildman–Crippen LogP) is 5.24. The summed E-state index contributed by atoms with van der Waals surface area (Å²) in [7, 11) is 0. The maximum atomic E-state index is 13.2. The Hall–Kier alpha value is -0.710. The smallest absolute Gasteiger partial charge is 0.367 e. The van der Waals surface area contributed by atoms with Gasteiger partial charge in [0.2, 0.25) is 0 Å². The molecule has 0 bridgehead atoms. The average Bonchev–Trinajstić information content (AvgIpc) is 2.45. The monoisotopic (exact) mass is 349 g/mol. The lowest BCUT2D eigenvalue weighted by molar-refractivity contribution is -0.137. The van der Waals surface area contributed by atoms with Gasteiger partial charge in [0.25, 0.3) is 0 Å². The van der Waals surface area contributed by atoms with Crippen molar-refractivity contribution in [2.75, 3.05) is 16.8 Å². The topological polar surface area (TPSA) is 3.24 Å². The van der Waals surface area contributed by atoms with Gasteiger partial charge < -0.3 is 4.90 Å². The summed E-state index contributed by atoms with van der Waals surface area (Å²) >= 11 is 3.37. The zero-order valence-electron chi connectivity index (χ0n) is 11.3. The Balaban J connectivity index is 2.33. The number of hydrogen-bond acceptors (Lipinski definition) is 1. The first kappa shape index (κ1) is 15.7. The number of hydrogen-bond donors (Lipinski definition) is 0. The Labute approximate surface area is 126 Å². The largest absolute Gasteiger partial charge is 0.418 e. The number of anilines is 1. The number of halogens is 4. The van der Waals surface area contributed by atoms with Crippen LogP contribution in [0.2, 0.25) is 0 Å². The third-order valence-electron chi connectivity index (χ3n) is 3.86. The Bertz CT molecular complexity index is 427. The van der Waals surface area contributed by atoms with Crippen molar-refractivity contribution >= 4 is 21.6 Å². The lowest BCUT2D eigenvalue weighted by atomic mass is 9.93. The molecule has 0 heterocycles. The van der Waals surface area contributed by atoms with Gasteiger partial charge in [0.05, 0.1) is 5.56 Å².